The fourth-order valence-corrected chi connectivity index (χ4v) is 2.99. The van der Waals surface area contributed by atoms with Crippen molar-refractivity contribution >= 4 is 29.2 Å². The van der Waals surface area contributed by atoms with Crippen LogP contribution in [0, 0.1) is 19.8 Å². The van der Waals surface area contributed by atoms with E-state index in [9.17, 15) is 14.4 Å². The summed E-state index contributed by atoms with van der Waals surface area (Å²) in [5.41, 5.74) is 3.46. The molecule has 1 atom stereocenters. The van der Waals surface area contributed by atoms with Crippen LogP contribution >= 0.6 is 0 Å². The molecule has 0 aliphatic carbocycles. The average molecular weight is 366 g/mol. The molecule has 6 nitrogen and oxygen atoms in total. The second-order valence-corrected chi connectivity index (χ2v) is 6.71. The van der Waals surface area contributed by atoms with Gasteiger partial charge in [0, 0.05) is 24.3 Å². The zero-order valence-electron chi connectivity index (χ0n) is 15.4. The van der Waals surface area contributed by atoms with Crippen molar-refractivity contribution in [2.75, 3.05) is 23.4 Å². The zero-order valence-corrected chi connectivity index (χ0v) is 15.4. The minimum Gasteiger partial charge on any atom is -0.455 e. The molecule has 27 heavy (non-hydrogen) atoms. The van der Waals surface area contributed by atoms with Crippen LogP contribution in [0.25, 0.3) is 0 Å². The number of anilines is 2. The van der Waals surface area contributed by atoms with Crippen molar-refractivity contribution in [2.45, 2.75) is 20.3 Å². The number of rotatable bonds is 5. The van der Waals surface area contributed by atoms with Crippen LogP contribution < -0.4 is 10.2 Å². The summed E-state index contributed by atoms with van der Waals surface area (Å²) in [4.78, 5) is 38.1. The highest BCUT2D eigenvalue weighted by Crippen LogP contribution is 2.26. The lowest BCUT2D eigenvalue weighted by atomic mass is 10.1. The summed E-state index contributed by atoms with van der Waals surface area (Å²) in [6, 6.07) is 14.9. The van der Waals surface area contributed by atoms with E-state index in [2.05, 4.69) is 5.32 Å². The Hall–Kier alpha value is -3.15. The molecule has 2 aromatic rings. The molecule has 0 radical (unpaired) electrons. The highest BCUT2D eigenvalue weighted by molar-refractivity contribution is 6.00. The fourth-order valence-electron chi connectivity index (χ4n) is 2.99. The highest BCUT2D eigenvalue weighted by Gasteiger charge is 2.36. The molecule has 0 aromatic heterocycles. The summed E-state index contributed by atoms with van der Waals surface area (Å²) in [5.74, 6) is -1.62. The molecular weight excluding hydrogens is 344 g/mol. The van der Waals surface area contributed by atoms with Crippen LogP contribution in [0.1, 0.15) is 17.5 Å². The first-order valence-corrected chi connectivity index (χ1v) is 8.83. The maximum absolute atomic E-state index is 12.3. The van der Waals surface area contributed by atoms with Crippen LogP contribution in [0.4, 0.5) is 11.4 Å². The Kier molecular flexibility index (Phi) is 5.54. The van der Waals surface area contributed by atoms with Crippen molar-refractivity contribution in [2.24, 2.45) is 5.92 Å². The number of carbonyl (C=O) groups is 3. The summed E-state index contributed by atoms with van der Waals surface area (Å²) in [6.45, 7) is 3.74. The Bertz CT molecular complexity index is 861. The molecule has 1 saturated heterocycles. The molecule has 2 aromatic carbocycles. The molecule has 1 N–H and O–H groups in total. The van der Waals surface area contributed by atoms with Crippen molar-refractivity contribution in [1.82, 2.24) is 0 Å². The topological polar surface area (TPSA) is 75.7 Å². The third-order valence-corrected chi connectivity index (χ3v) is 4.57. The van der Waals surface area contributed by atoms with Gasteiger partial charge < -0.3 is 15.0 Å². The van der Waals surface area contributed by atoms with Crippen molar-refractivity contribution in [3.8, 4) is 0 Å². The van der Waals surface area contributed by atoms with Crippen LogP contribution in [0.15, 0.2) is 48.5 Å². The summed E-state index contributed by atoms with van der Waals surface area (Å²) in [6.07, 6.45) is 0.0894. The van der Waals surface area contributed by atoms with Gasteiger partial charge in [-0.3, -0.25) is 14.4 Å². The van der Waals surface area contributed by atoms with Gasteiger partial charge in [-0.25, -0.2) is 0 Å². The van der Waals surface area contributed by atoms with Crippen LogP contribution in [-0.4, -0.2) is 30.9 Å². The number of benzene rings is 2. The molecule has 1 aliphatic heterocycles. The summed E-state index contributed by atoms with van der Waals surface area (Å²) in [7, 11) is 0. The molecule has 0 unspecified atom stereocenters. The SMILES string of the molecule is Cc1ccc(N2C[C@@H](C(=O)OCC(=O)Nc3ccccc3C)CC2=O)cc1. The lowest BCUT2D eigenvalue weighted by Crippen LogP contribution is -2.28. The van der Waals surface area contributed by atoms with Crippen molar-refractivity contribution < 1.29 is 19.1 Å². The second kappa shape index (κ2) is 8.03. The number of amides is 2. The van der Waals surface area contributed by atoms with E-state index >= 15 is 0 Å². The Morgan fingerprint density at radius 1 is 1.11 bits per heavy atom. The van der Waals surface area contributed by atoms with E-state index < -0.39 is 17.8 Å². The smallest absolute Gasteiger partial charge is 0.311 e. The molecule has 140 valence electrons. The molecule has 0 spiro atoms. The molecule has 2 amide bonds. The summed E-state index contributed by atoms with van der Waals surface area (Å²) >= 11 is 0. The highest BCUT2D eigenvalue weighted by atomic mass is 16.5. The molecule has 1 heterocycles. The van der Waals surface area contributed by atoms with Gasteiger partial charge in [-0.1, -0.05) is 35.9 Å². The monoisotopic (exact) mass is 366 g/mol. The summed E-state index contributed by atoms with van der Waals surface area (Å²) < 4.78 is 5.12. The molecule has 0 bridgehead atoms. The zero-order chi connectivity index (χ0) is 19.4. The average Bonchev–Trinajstić information content (AvgIpc) is 3.04. The van der Waals surface area contributed by atoms with E-state index in [0.717, 1.165) is 16.8 Å². The number of nitrogens with one attached hydrogen (secondary N) is 1. The van der Waals surface area contributed by atoms with E-state index in [0.29, 0.717) is 5.69 Å². The number of esters is 1. The van der Waals surface area contributed by atoms with Crippen molar-refractivity contribution in [3.63, 3.8) is 0 Å². The van der Waals surface area contributed by atoms with E-state index in [1.807, 2.05) is 56.3 Å². The largest absolute Gasteiger partial charge is 0.455 e. The lowest BCUT2D eigenvalue weighted by Gasteiger charge is -2.16. The van der Waals surface area contributed by atoms with Gasteiger partial charge in [-0.2, -0.15) is 0 Å². The Balaban J connectivity index is 1.53. The molecule has 6 heteroatoms. The lowest BCUT2D eigenvalue weighted by molar-refractivity contribution is -0.151. The van der Waals surface area contributed by atoms with E-state index in [4.69, 9.17) is 4.74 Å². The van der Waals surface area contributed by atoms with Gasteiger partial charge in [0.15, 0.2) is 6.61 Å². The maximum Gasteiger partial charge on any atom is 0.311 e. The standard InChI is InChI=1S/C21H22N2O4/c1-14-7-9-17(10-8-14)23-12-16(11-20(23)25)21(26)27-13-19(24)22-18-6-4-3-5-15(18)2/h3-10,16H,11-13H2,1-2H3,(H,22,24)/t16-/m0/s1. The quantitative estimate of drug-likeness (QED) is 0.826. The Morgan fingerprint density at radius 3 is 2.52 bits per heavy atom. The number of nitrogens with zero attached hydrogens (tertiary/aromatic N) is 1. The predicted octanol–water partition coefficient (Wildman–Crippen LogP) is 2.84. The number of carbonyl (C=O) groups excluding carboxylic acids is 3. The van der Waals surface area contributed by atoms with Gasteiger partial charge in [0.05, 0.1) is 5.92 Å². The van der Waals surface area contributed by atoms with Gasteiger partial charge in [0.1, 0.15) is 0 Å². The molecular formula is C21H22N2O4. The first-order valence-electron chi connectivity index (χ1n) is 8.83. The first-order chi connectivity index (χ1) is 12.9. The van der Waals surface area contributed by atoms with Crippen molar-refractivity contribution in [1.29, 1.82) is 0 Å². The minimum absolute atomic E-state index is 0.0894. The molecule has 1 aliphatic rings. The number of hydrogen-bond acceptors (Lipinski definition) is 4. The number of para-hydroxylation sites is 1. The third kappa shape index (κ3) is 4.53. The maximum atomic E-state index is 12.3. The number of hydrogen-bond donors (Lipinski definition) is 1. The fraction of sp³-hybridized carbons (Fsp3) is 0.286. The van der Waals surface area contributed by atoms with Crippen LogP contribution in [0.2, 0.25) is 0 Å². The van der Waals surface area contributed by atoms with E-state index in [-0.39, 0.29) is 25.5 Å². The van der Waals surface area contributed by atoms with E-state index in [1.165, 1.54) is 0 Å². The minimum atomic E-state index is -0.565. The second-order valence-electron chi connectivity index (χ2n) is 6.71. The van der Waals surface area contributed by atoms with Gasteiger partial charge in [-0.15, -0.1) is 0 Å². The number of ether oxygens (including phenoxy) is 1. The van der Waals surface area contributed by atoms with Crippen LogP contribution in [0.5, 0.6) is 0 Å². The Labute approximate surface area is 158 Å². The van der Waals surface area contributed by atoms with Gasteiger partial charge in [0.2, 0.25) is 5.91 Å². The Morgan fingerprint density at radius 2 is 1.81 bits per heavy atom. The molecule has 3 rings (SSSR count). The van der Waals surface area contributed by atoms with Crippen LogP contribution in [-0.2, 0) is 19.1 Å². The van der Waals surface area contributed by atoms with Gasteiger partial charge in [-0.05, 0) is 37.6 Å². The van der Waals surface area contributed by atoms with Gasteiger partial charge in [0.25, 0.3) is 5.91 Å². The van der Waals surface area contributed by atoms with Crippen molar-refractivity contribution in [3.05, 3.63) is 59.7 Å². The molecule has 1 fully saturated rings. The van der Waals surface area contributed by atoms with E-state index in [1.54, 1.807) is 11.0 Å². The number of aryl methyl sites for hydroxylation is 2. The predicted molar refractivity (Wildman–Crippen MR) is 102 cm³/mol. The molecule has 0 saturated carbocycles. The summed E-state index contributed by atoms with van der Waals surface area (Å²) in [5, 5.41) is 2.71. The third-order valence-electron chi connectivity index (χ3n) is 4.57. The van der Waals surface area contributed by atoms with Gasteiger partial charge >= 0.3 is 5.97 Å². The first kappa shape index (κ1) is 18.6. The van der Waals surface area contributed by atoms with Crippen LogP contribution in [0.3, 0.4) is 0 Å². The normalized spacial score (nSPS) is 16.3.